The van der Waals surface area contributed by atoms with Crippen molar-refractivity contribution in [1.29, 1.82) is 0 Å². The molecule has 0 atom stereocenters. The van der Waals surface area contributed by atoms with Gasteiger partial charge in [-0.1, -0.05) is 11.6 Å². The fraction of sp³-hybridized carbons (Fsp3) is 0.278. The van der Waals surface area contributed by atoms with E-state index in [0.717, 1.165) is 0 Å². The van der Waals surface area contributed by atoms with Crippen LogP contribution in [0.15, 0.2) is 47.4 Å². The highest BCUT2D eigenvalue weighted by atomic mass is 35.5. The predicted octanol–water partition coefficient (Wildman–Crippen LogP) is 3.63. The standard InChI is InChI=1S/C18H21ClN2O4S/c1-4-21(5-2)18(22)13-6-9-15(10-7-13)26(23,24)20-14-8-11-17(25-3)16(19)12-14/h6-12,20H,4-5H2,1-3H3. The van der Waals surface area contributed by atoms with Gasteiger partial charge in [0.1, 0.15) is 5.75 Å². The first-order valence-electron chi connectivity index (χ1n) is 8.08. The summed E-state index contributed by atoms with van der Waals surface area (Å²) in [6.07, 6.45) is 0. The van der Waals surface area contributed by atoms with E-state index in [2.05, 4.69) is 4.72 Å². The molecule has 6 nitrogen and oxygen atoms in total. The van der Waals surface area contributed by atoms with Crippen molar-refractivity contribution < 1.29 is 17.9 Å². The average Bonchev–Trinajstić information content (AvgIpc) is 2.62. The number of anilines is 1. The highest BCUT2D eigenvalue weighted by molar-refractivity contribution is 7.92. The van der Waals surface area contributed by atoms with Crippen LogP contribution in [0.25, 0.3) is 0 Å². The summed E-state index contributed by atoms with van der Waals surface area (Å²) in [7, 11) is -2.32. The number of hydrogen-bond acceptors (Lipinski definition) is 4. The zero-order valence-corrected chi connectivity index (χ0v) is 16.4. The van der Waals surface area contributed by atoms with Crippen LogP contribution in [0.3, 0.4) is 0 Å². The molecular formula is C18H21ClN2O4S. The number of carbonyl (C=O) groups excluding carboxylic acids is 1. The van der Waals surface area contributed by atoms with E-state index in [1.807, 2.05) is 13.8 Å². The molecule has 26 heavy (non-hydrogen) atoms. The van der Waals surface area contributed by atoms with Crippen LogP contribution in [0.1, 0.15) is 24.2 Å². The van der Waals surface area contributed by atoms with Crippen molar-refractivity contribution in [3.63, 3.8) is 0 Å². The lowest BCUT2D eigenvalue weighted by Crippen LogP contribution is -2.30. The zero-order chi connectivity index (χ0) is 19.3. The highest BCUT2D eigenvalue weighted by Crippen LogP contribution is 2.28. The lowest BCUT2D eigenvalue weighted by Gasteiger charge is -2.18. The maximum Gasteiger partial charge on any atom is 0.261 e. The SMILES string of the molecule is CCN(CC)C(=O)c1ccc(S(=O)(=O)Nc2ccc(OC)c(Cl)c2)cc1. The van der Waals surface area contributed by atoms with Crippen molar-refractivity contribution >= 4 is 33.2 Å². The van der Waals surface area contributed by atoms with Gasteiger partial charge in [-0.05, 0) is 56.3 Å². The fourth-order valence-electron chi connectivity index (χ4n) is 2.41. The molecule has 0 aliphatic heterocycles. The Labute approximate surface area is 158 Å². The van der Waals surface area contributed by atoms with Gasteiger partial charge in [0.05, 0.1) is 22.7 Å². The minimum absolute atomic E-state index is 0.0561. The molecule has 0 aromatic heterocycles. The molecule has 0 heterocycles. The summed E-state index contributed by atoms with van der Waals surface area (Å²) in [6.45, 7) is 4.97. The number of nitrogens with one attached hydrogen (secondary N) is 1. The van der Waals surface area contributed by atoms with Crippen molar-refractivity contribution in [3.05, 3.63) is 53.1 Å². The Morgan fingerprint density at radius 1 is 1.12 bits per heavy atom. The number of nitrogens with zero attached hydrogens (tertiary/aromatic N) is 1. The predicted molar refractivity (Wildman–Crippen MR) is 103 cm³/mol. The summed E-state index contributed by atoms with van der Waals surface area (Å²) in [5, 5.41) is 0.299. The third-order valence-corrected chi connectivity index (χ3v) is 5.56. The minimum atomic E-state index is -3.80. The lowest BCUT2D eigenvalue weighted by atomic mass is 10.2. The monoisotopic (exact) mass is 396 g/mol. The number of halogens is 1. The van der Waals surface area contributed by atoms with Crippen LogP contribution in [0, 0.1) is 0 Å². The van der Waals surface area contributed by atoms with E-state index in [-0.39, 0.29) is 10.8 Å². The normalized spacial score (nSPS) is 11.1. The summed E-state index contributed by atoms with van der Waals surface area (Å²) < 4.78 is 32.5. The van der Waals surface area contributed by atoms with Crippen LogP contribution >= 0.6 is 11.6 Å². The second-order valence-corrected chi connectivity index (χ2v) is 7.55. The minimum Gasteiger partial charge on any atom is -0.495 e. The Morgan fingerprint density at radius 3 is 2.23 bits per heavy atom. The molecule has 0 spiro atoms. The molecule has 140 valence electrons. The number of ether oxygens (including phenoxy) is 1. The number of amides is 1. The van der Waals surface area contributed by atoms with Crippen molar-refractivity contribution in [2.75, 3.05) is 24.9 Å². The summed E-state index contributed by atoms with van der Waals surface area (Å²) in [5.74, 6) is 0.322. The van der Waals surface area contributed by atoms with Crippen LogP contribution < -0.4 is 9.46 Å². The molecule has 2 rings (SSSR count). The van der Waals surface area contributed by atoms with Gasteiger partial charge in [-0.25, -0.2) is 8.42 Å². The van der Waals surface area contributed by atoms with Gasteiger partial charge in [-0.15, -0.1) is 0 Å². The Balaban J connectivity index is 2.21. The molecule has 1 N–H and O–H groups in total. The number of benzene rings is 2. The lowest BCUT2D eigenvalue weighted by molar-refractivity contribution is 0.0773. The molecule has 0 saturated heterocycles. The molecule has 0 aliphatic rings. The van der Waals surface area contributed by atoms with Crippen LogP contribution in [0.2, 0.25) is 5.02 Å². The Kier molecular flexibility index (Phi) is 6.50. The molecule has 0 unspecified atom stereocenters. The van der Waals surface area contributed by atoms with Gasteiger partial charge < -0.3 is 9.64 Å². The Bertz CT molecular complexity index is 879. The molecule has 0 fully saturated rings. The van der Waals surface area contributed by atoms with Crippen molar-refractivity contribution in [2.45, 2.75) is 18.7 Å². The number of hydrogen-bond donors (Lipinski definition) is 1. The van der Waals surface area contributed by atoms with E-state index >= 15 is 0 Å². The van der Waals surface area contributed by atoms with Gasteiger partial charge in [-0.3, -0.25) is 9.52 Å². The molecule has 0 aliphatic carbocycles. The van der Waals surface area contributed by atoms with Crippen molar-refractivity contribution in [3.8, 4) is 5.75 Å². The smallest absolute Gasteiger partial charge is 0.261 e. The van der Waals surface area contributed by atoms with E-state index in [9.17, 15) is 13.2 Å². The third kappa shape index (κ3) is 4.47. The number of rotatable bonds is 7. The number of methoxy groups -OCH3 is 1. The zero-order valence-electron chi connectivity index (χ0n) is 14.8. The summed E-state index contributed by atoms with van der Waals surface area (Å²) in [4.78, 5) is 14.0. The summed E-state index contributed by atoms with van der Waals surface area (Å²) in [5.41, 5.74) is 0.763. The number of carbonyl (C=O) groups is 1. The van der Waals surface area contributed by atoms with Crippen LogP contribution in [0.4, 0.5) is 5.69 Å². The van der Waals surface area contributed by atoms with Crippen LogP contribution in [-0.4, -0.2) is 39.4 Å². The average molecular weight is 397 g/mol. The van der Waals surface area contributed by atoms with E-state index in [1.54, 1.807) is 17.0 Å². The van der Waals surface area contributed by atoms with E-state index in [4.69, 9.17) is 16.3 Å². The maximum atomic E-state index is 12.5. The van der Waals surface area contributed by atoms with Gasteiger partial charge >= 0.3 is 0 Å². The van der Waals surface area contributed by atoms with Gasteiger partial charge in [-0.2, -0.15) is 0 Å². The quantitative estimate of drug-likeness (QED) is 0.775. The van der Waals surface area contributed by atoms with E-state index < -0.39 is 10.0 Å². The molecule has 8 heteroatoms. The molecule has 2 aromatic rings. The topological polar surface area (TPSA) is 75.7 Å². The van der Waals surface area contributed by atoms with Crippen molar-refractivity contribution in [2.24, 2.45) is 0 Å². The first-order chi connectivity index (χ1) is 12.3. The van der Waals surface area contributed by atoms with Gasteiger partial charge in [0.2, 0.25) is 0 Å². The third-order valence-electron chi connectivity index (χ3n) is 3.87. The van der Waals surface area contributed by atoms with Gasteiger partial charge in [0.15, 0.2) is 0 Å². The Morgan fingerprint density at radius 2 is 1.73 bits per heavy atom. The molecule has 1 amide bonds. The first-order valence-corrected chi connectivity index (χ1v) is 9.94. The highest BCUT2D eigenvalue weighted by Gasteiger charge is 2.17. The van der Waals surface area contributed by atoms with Crippen LogP contribution in [-0.2, 0) is 10.0 Å². The van der Waals surface area contributed by atoms with Crippen LogP contribution in [0.5, 0.6) is 5.75 Å². The van der Waals surface area contributed by atoms with E-state index in [0.29, 0.717) is 35.1 Å². The molecule has 2 aromatic carbocycles. The molecule has 0 saturated carbocycles. The largest absolute Gasteiger partial charge is 0.495 e. The van der Waals surface area contributed by atoms with E-state index in [1.165, 1.54) is 37.4 Å². The molecule has 0 radical (unpaired) electrons. The van der Waals surface area contributed by atoms with Gasteiger partial charge in [0, 0.05) is 18.7 Å². The maximum absolute atomic E-state index is 12.5. The second kappa shape index (κ2) is 8.42. The second-order valence-electron chi connectivity index (χ2n) is 5.46. The number of sulfonamides is 1. The molecular weight excluding hydrogens is 376 g/mol. The fourth-order valence-corrected chi connectivity index (χ4v) is 3.72. The molecule has 0 bridgehead atoms. The van der Waals surface area contributed by atoms with Crippen molar-refractivity contribution in [1.82, 2.24) is 4.90 Å². The Hall–Kier alpha value is -2.25. The summed E-state index contributed by atoms with van der Waals surface area (Å²) in [6, 6.07) is 10.4. The summed E-state index contributed by atoms with van der Waals surface area (Å²) >= 11 is 6.02. The van der Waals surface area contributed by atoms with Gasteiger partial charge in [0.25, 0.3) is 15.9 Å². The first kappa shape index (κ1) is 20.1.